The number of anilines is 1. The molecule has 1 fully saturated rings. The largest absolute Gasteiger partial charge is 0.361 e. The Balaban J connectivity index is 1.43. The van der Waals surface area contributed by atoms with Crippen LogP contribution in [-0.2, 0) is 16.1 Å². The summed E-state index contributed by atoms with van der Waals surface area (Å²) in [6.45, 7) is 0.411. The Labute approximate surface area is 154 Å². The molecule has 0 aliphatic carbocycles. The van der Waals surface area contributed by atoms with Gasteiger partial charge in [0.1, 0.15) is 17.6 Å². The lowest BCUT2D eigenvalue weighted by Crippen LogP contribution is -2.36. The van der Waals surface area contributed by atoms with Gasteiger partial charge in [-0.05, 0) is 48.4 Å². The first-order valence-electron chi connectivity index (χ1n) is 8.62. The Hall–Kier alpha value is -3.22. The van der Waals surface area contributed by atoms with Crippen molar-refractivity contribution < 1.29 is 18.4 Å². The highest BCUT2D eigenvalue weighted by molar-refractivity contribution is 6.10. The number of nitrogens with one attached hydrogen (secondary N) is 2. The molecule has 0 bridgehead atoms. The van der Waals surface area contributed by atoms with Crippen LogP contribution in [0.1, 0.15) is 12.0 Å². The van der Waals surface area contributed by atoms with E-state index in [4.69, 9.17) is 0 Å². The molecule has 0 spiro atoms. The van der Waals surface area contributed by atoms with E-state index in [2.05, 4.69) is 10.3 Å². The van der Waals surface area contributed by atoms with Crippen LogP contribution in [0.5, 0.6) is 0 Å². The number of aromatic nitrogens is 1. The van der Waals surface area contributed by atoms with Crippen LogP contribution in [-0.4, -0.2) is 23.3 Å². The van der Waals surface area contributed by atoms with Gasteiger partial charge in [-0.2, -0.15) is 0 Å². The SMILES string of the molecule is O=C(NCc1cc(F)cc(F)c1)C1CCN(c2ccc3[nH]ccc3c2)C1=O. The Morgan fingerprint density at radius 2 is 1.93 bits per heavy atom. The molecule has 2 N–H and O–H groups in total. The van der Waals surface area contributed by atoms with E-state index in [0.29, 0.717) is 18.5 Å². The van der Waals surface area contributed by atoms with Crippen molar-refractivity contribution in [2.24, 2.45) is 5.92 Å². The predicted molar refractivity (Wildman–Crippen MR) is 97.0 cm³/mol. The molecule has 1 aliphatic rings. The molecule has 1 saturated heterocycles. The van der Waals surface area contributed by atoms with Crippen molar-refractivity contribution in [1.29, 1.82) is 0 Å². The molecule has 2 aromatic carbocycles. The van der Waals surface area contributed by atoms with E-state index < -0.39 is 23.5 Å². The molecule has 3 aromatic rings. The molecule has 138 valence electrons. The number of halogens is 2. The number of amides is 2. The van der Waals surface area contributed by atoms with Crippen LogP contribution in [0.4, 0.5) is 14.5 Å². The van der Waals surface area contributed by atoms with Crippen molar-refractivity contribution in [3.05, 3.63) is 65.9 Å². The lowest BCUT2D eigenvalue weighted by atomic mass is 10.1. The summed E-state index contributed by atoms with van der Waals surface area (Å²) in [6.07, 6.45) is 2.22. The molecule has 27 heavy (non-hydrogen) atoms. The molecule has 1 unspecified atom stereocenters. The molecular formula is C20H17F2N3O2. The maximum atomic E-state index is 13.2. The highest BCUT2D eigenvalue weighted by atomic mass is 19.1. The van der Waals surface area contributed by atoms with Crippen molar-refractivity contribution in [2.75, 3.05) is 11.4 Å². The minimum Gasteiger partial charge on any atom is -0.361 e. The molecule has 2 heterocycles. The van der Waals surface area contributed by atoms with Gasteiger partial charge in [0.25, 0.3) is 0 Å². The number of H-pyrrole nitrogens is 1. The number of nitrogens with zero attached hydrogens (tertiary/aromatic N) is 1. The number of rotatable bonds is 4. The second-order valence-electron chi connectivity index (χ2n) is 6.58. The molecule has 1 aliphatic heterocycles. The first kappa shape index (κ1) is 17.2. The molecule has 7 heteroatoms. The van der Waals surface area contributed by atoms with Gasteiger partial charge in [-0.1, -0.05) is 0 Å². The normalized spacial score (nSPS) is 16.9. The van der Waals surface area contributed by atoms with Gasteiger partial charge >= 0.3 is 0 Å². The fourth-order valence-electron chi connectivity index (χ4n) is 3.41. The summed E-state index contributed by atoms with van der Waals surface area (Å²) in [4.78, 5) is 29.8. The average Bonchev–Trinajstić information content (AvgIpc) is 3.24. The molecule has 5 nitrogen and oxygen atoms in total. The zero-order chi connectivity index (χ0) is 19.0. The lowest BCUT2D eigenvalue weighted by Gasteiger charge is -2.17. The summed E-state index contributed by atoms with van der Waals surface area (Å²) < 4.78 is 26.5. The summed E-state index contributed by atoms with van der Waals surface area (Å²) in [5.41, 5.74) is 2.03. The third-order valence-corrected chi connectivity index (χ3v) is 4.76. The van der Waals surface area contributed by atoms with E-state index in [1.165, 1.54) is 0 Å². The zero-order valence-electron chi connectivity index (χ0n) is 14.3. The average molecular weight is 369 g/mol. The van der Waals surface area contributed by atoms with E-state index in [9.17, 15) is 18.4 Å². The van der Waals surface area contributed by atoms with Gasteiger partial charge in [0.2, 0.25) is 11.8 Å². The van der Waals surface area contributed by atoms with Crippen LogP contribution in [0.3, 0.4) is 0 Å². The van der Waals surface area contributed by atoms with Crippen molar-refractivity contribution in [3.8, 4) is 0 Å². The fraction of sp³-hybridized carbons (Fsp3) is 0.200. The Morgan fingerprint density at radius 3 is 2.70 bits per heavy atom. The fourth-order valence-corrected chi connectivity index (χ4v) is 3.41. The van der Waals surface area contributed by atoms with E-state index in [1.807, 2.05) is 30.5 Å². The van der Waals surface area contributed by atoms with Gasteiger partial charge in [0, 0.05) is 41.9 Å². The Morgan fingerprint density at radius 1 is 1.15 bits per heavy atom. The van der Waals surface area contributed by atoms with Crippen molar-refractivity contribution >= 4 is 28.4 Å². The quantitative estimate of drug-likeness (QED) is 0.694. The summed E-state index contributed by atoms with van der Waals surface area (Å²) in [7, 11) is 0. The topological polar surface area (TPSA) is 65.2 Å². The number of fused-ring (bicyclic) bond motifs is 1. The number of benzene rings is 2. The van der Waals surface area contributed by atoms with Gasteiger partial charge in [0.15, 0.2) is 0 Å². The minimum absolute atomic E-state index is 0.0351. The third kappa shape index (κ3) is 3.40. The van der Waals surface area contributed by atoms with E-state index in [1.54, 1.807) is 4.90 Å². The lowest BCUT2D eigenvalue weighted by molar-refractivity contribution is -0.132. The van der Waals surface area contributed by atoms with Crippen LogP contribution in [0, 0.1) is 17.6 Å². The summed E-state index contributed by atoms with van der Waals surface area (Å²) in [5, 5.41) is 3.59. The maximum Gasteiger partial charge on any atom is 0.239 e. The number of hydrogen-bond acceptors (Lipinski definition) is 2. The van der Waals surface area contributed by atoms with E-state index in [-0.39, 0.29) is 12.5 Å². The molecule has 0 radical (unpaired) electrons. The highest BCUT2D eigenvalue weighted by Gasteiger charge is 2.37. The van der Waals surface area contributed by atoms with Gasteiger partial charge in [-0.25, -0.2) is 8.78 Å². The zero-order valence-corrected chi connectivity index (χ0v) is 14.3. The second kappa shape index (κ2) is 6.83. The molecule has 2 amide bonds. The Kier molecular flexibility index (Phi) is 4.35. The maximum absolute atomic E-state index is 13.2. The first-order valence-corrected chi connectivity index (χ1v) is 8.62. The molecule has 0 saturated carbocycles. The molecule has 1 atom stereocenters. The second-order valence-corrected chi connectivity index (χ2v) is 6.58. The van der Waals surface area contributed by atoms with Crippen molar-refractivity contribution in [1.82, 2.24) is 10.3 Å². The van der Waals surface area contributed by atoms with Crippen LogP contribution in [0.2, 0.25) is 0 Å². The van der Waals surface area contributed by atoms with Gasteiger partial charge < -0.3 is 15.2 Å². The molecular weight excluding hydrogens is 352 g/mol. The first-order chi connectivity index (χ1) is 13.0. The van der Waals surface area contributed by atoms with Crippen molar-refractivity contribution in [3.63, 3.8) is 0 Å². The van der Waals surface area contributed by atoms with Crippen LogP contribution in [0.15, 0.2) is 48.7 Å². The van der Waals surface area contributed by atoms with Crippen LogP contribution in [0.25, 0.3) is 10.9 Å². The summed E-state index contributed by atoms with van der Waals surface area (Å²) >= 11 is 0. The van der Waals surface area contributed by atoms with Crippen LogP contribution < -0.4 is 10.2 Å². The number of carbonyl (C=O) groups excluding carboxylic acids is 2. The van der Waals surface area contributed by atoms with Crippen molar-refractivity contribution in [2.45, 2.75) is 13.0 Å². The monoisotopic (exact) mass is 369 g/mol. The standard InChI is InChI=1S/C20H17F2N3O2/c21-14-7-12(8-15(22)10-14)11-24-19(26)17-4-6-25(20(17)27)16-1-2-18-13(9-16)3-5-23-18/h1-3,5,7-10,17,23H,4,6,11H2,(H,24,26). The minimum atomic E-state index is -0.801. The summed E-state index contributed by atoms with van der Waals surface area (Å²) in [6, 6.07) is 10.6. The molecule has 1 aromatic heterocycles. The number of aromatic amines is 1. The number of hydrogen-bond donors (Lipinski definition) is 2. The smallest absolute Gasteiger partial charge is 0.239 e. The summed E-state index contributed by atoms with van der Waals surface area (Å²) in [5.74, 6) is -2.92. The highest BCUT2D eigenvalue weighted by Crippen LogP contribution is 2.28. The molecule has 4 rings (SSSR count). The third-order valence-electron chi connectivity index (χ3n) is 4.76. The van der Waals surface area contributed by atoms with E-state index in [0.717, 1.165) is 34.8 Å². The van der Waals surface area contributed by atoms with Gasteiger partial charge in [-0.15, -0.1) is 0 Å². The van der Waals surface area contributed by atoms with Gasteiger partial charge in [-0.3, -0.25) is 9.59 Å². The Bertz CT molecular complexity index is 1010. The predicted octanol–water partition coefficient (Wildman–Crippen LogP) is 3.12. The van der Waals surface area contributed by atoms with E-state index >= 15 is 0 Å². The van der Waals surface area contributed by atoms with Gasteiger partial charge in [0.05, 0.1) is 0 Å². The number of carbonyl (C=O) groups is 2. The van der Waals surface area contributed by atoms with Crippen LogP contribution >= 0.6 is 0 Å².